The van der Waals surface area contributed by atoms with Crippen LogP contribution in [0, 0.1) is 0 Å². The molecule has 0 saturated carbocycles. The number of rotatable bonds is 7. The molecule has 0 aliphatic carbocycles. The molecule has 1 unspecified atom stereocenters. The maximum absolute atomic E-state index is 12.6. The van der Waals surface area contributed by atoms with Crippen molar-refractivity contribution in [2.24, 2.45) is 0 Å². The van der Waals surface area contributed by atoms with Crippen LogP contribution in [0.2, 0.25) is 0 Å². The third kappa shape index (κ3) is 3.83. The van der Waals surface area contributed by atoms with Crippen LogP contribution in [0.5, 0.6) is 0 Å². The predicted molar refractivity (Wildman–Crippen MR) is 81.0 cm³/mol. The lowest BCUT2D eigenvalue weighted by Crippen LogP contribution is -2.39. The minimum Gasteiger partial charge on any atom is -0.310 e. The number of nitrogens with zero attached hydrogens (tertiary/aromatic N) is 1. The molecule has 1 aromatic heterocycles. The van der Waals surface area contributed by atoms with E-state index in [1.165, 1.54) is 0 Å². The van der Waals surface area contributed by atoms with E-state index in [-0.39, 0.29) is 5.78 Å². The van der Waals surface area contributed by atoms with Crippen LogP contribution >= 0.6 is 0 Å². The lowest BCUT2D eigenvalue weighted by atomic mass is 9.90. The molecule has 0 saturated heterocycles. The van der Waals surface area contributed by atoms with Gasteiger partial charge in [0, 0.05) is 12.4 Å². The highest BCUT2D eigenvalue weighted by atomic mass is 16.1. The molecule has 2 aromatic rings. The van der Waals surface area contributed by atoms with Gasteiger partial charge in [0.2, 0.25) is 0 Å². The highest BCUT2D eigenvalue weighted by Crippen LogP contribution is 2.17. The molecular weight excluding hydrogens is 264 g/mol. The second-order valence-electron chi connectivity index (χ2n) is 4.83. The first-order valence-electron chi connectivity index (χ1n) is 6.86. The molecule has 4 nitrogen and oxygen atoms in total. The van der Waals surface area contributed by atoms with Gasteiger partial charge in [0.15, 0.2) is 5.78 Å². The number of nitrogens with one attached hydrogen (secondary N) is 1. The van der Waals surface area contributed by atoms with Crippen LogP contribution in [0.25, 0.3) is 0 Å². The van der Waals surface area contributed by atoms with Gasteiger partial charge in [-0.15, -0.1) is 0 Å². The van der Waals surface area contributed by atoms with Crippen molar-refractivity contribution < 1.29 is 9.59 Å². The number of pyridine rings is 1. The second-order valence-corrected chi connectivity index (χ2v) is 4.83. The summed E-state index contributed by atoms with van der Waals surface area (Å²) < 4.78 is 0. The van der Waals surface area contributed by atoms with Crippen molar-refractivity contribution in [1.82, 2.24) is 10.3 Å². The van der Waals surface area contributed by atoms with Crippen molar-refractivity contribution in [2.75, 3.05) is 7.05 Å². The molecule has 0 fully saturated rings. The number of Topliss-reactive ketones (excluding diaryl/α,β-unsaturated/α-hetero) is 1. The summed E-state index contributed by atoms with van der Waals surface area (Å²) in [4.78, 5) is 27.9. The molecule has 1 heterocycles. The summed E-state index contributed by atoms with van der Waals surface area (Å²) in [7, 11) is 1.74. The first-order valence-corrected chi connectivity index (χ1v) is 6.86. The summed E-state index contributed by atoms with van der Waals surface area (Å²) in [5.41, 5.74) is 1.74. The van der Waals surface area contributed by atoms with Crippen molar-refractivity contribution in [2.45, 2.75) is 18.4 Å². The fourth-order valence-electron chi connectivity index (χ4n) is 2.29. The zero-order valence-corrected chi connectivity index (χ0v) is 11.9. The number of ketones is 1. The number of carbonyl (C=O) groups is 2. The van der Waals surface area contributed by atoms with E-state index in [9.17, 15) is 9.59 Å². The molecule has 21 heavy (non-hydrogen) atoms. The average molecular weight is 282 g/mol. The van der Waals surface area contributed by atoms with Crippen LogP contribution in [0.3, 0.4) is 0 Å². The van der Waals surface area contributed by atoms with E-state index in [0.717, 1.165) is 5.56 Å². The topological polar surface area (TPSA) is 59.1 Å². The molecule has 4 heteroatoms. The molecule has 2 rings (SSSR count). The van der Waals surface area contributed by atoms with E-state index >= 15 is 0 Å². The van der Waals surface area contributed by atoms with Crippen LogP contribution in [0.1, 0.15) is 17.0 Å². The highest BCUT2D eigenvalue weighted by Gasteiger charge is 2.27. The third-order valence-corrected chi connectivity index (χ3v) is 3.48. The fraction of sp³-hybridized carbons (Fsp3) is 0.235. The monoisotopic (exact) mass is 282 g/mol. The Morgan fingerprint density at radius 1 is 1.19 bits per heavy atom. The number of aromatic nitrogens is 1. The van der Waals surface area contributed by atoms with E-state index in [1.54, 1.807) is 31.6 Å². The summed E-state index contributed by atoms with van der Waals surface area (Å²) in [5, 5.41) is 3.01. The lowest BCUT2D eigenvalue weighted by Gasteiger charge is -2.19. The number of carbonyl (C=O) groups excluding carboxylic acids is 2. The van der Waals surface area contributed by atoms with Crippen molar-refractivity contribution in [3.8, 4) is 0 Å². The van der Waals surface area contributed by atoms with E-state index in [4.69, 9.17) is 0 Å². The van der Waals surface area contributed by atoms with Gasteiger partial charge < -0.3 is 10.1 Å². The molecular formula is C17H18N2O2. The van der Waals surface area contributed by atoms with Gasteiger partial charge in [-0.3, -0.25) is 9.78 Å². The number of likely N-dealkylation sites (N-methyl/N-ethyl adjacent to an activating group) is 1. The molecule has 0 bridgehead atoms. The van der Waals surface area contributed by atoms with Crippen LogP contribution < -0.4 is 5.32 Å². The number of aldehydes is 1. The van der Waals surface area contributed by atoms with Gasteiger partial charge in [-0.05, 0) is 36.7 Å². The van der Waals surface area contributed by atoms with Gasteiger partial charge in [0.1, 0.15) is 6.29 Å². The van der Waals surface area contributed by atoms with Gasteiger partial charge in [-0.25, -0.2) is 0 Å². The molecule has 108 valence electrons. The van der Waals surface area contributed by atoms with Crippen LogP contribution in [0.4, 0.5) is 0 Å². The highest BCUT2D eigenvalue weighted by molar-refractivity contribution is 6.02. The summed E-state index contributed by atoms with van der Waals surface area (Å²) in [5.74, 6) is -0.878. The summed E-state index contributed by atoms with van der Waals surface area (Å²) >= 11 is 0. The Balaban J connectivity index is 2.17. The zero-order valence-electron chi connectivity index (χ0n) is 11.9. The minimum absolute atomic E-state index is 0.123. The maximum atomic E-state index is 12.6. The summed E-state index contributed by atoms with van der Waals surface area (Å²) in [6.07, 6.45) is 4.44. The van der Waals surface area contributed by atoms with Gasteiger partial charge >= 0.3 is 0 Å². The molecule has 2 atom stereocenters. The smallest absolute Gasteiger partial charge is 0.164 e. The van der Waals surface area contributed by atoms with Gasteiger partial charge in [0.25, 0.3) is 0 Å². The summed E-state index contributed by atoms with van der Waals surface area (Å²) in [6, 6.07) is 12.8. The number of hydrogen-bond donors (Lipinski definition) is 1. The molecule has 0 aliphatic heterocycles. The van der Waals surface area contributed by atoms with E-state index < -0.39 is 12.0 Å². The fourth-order valence-corrected chi connectivity index (χ4v) is 2.29. The Morgan fingerprint density at radius 3 is 2.43 bits per heavy atom. The first kappa shape index (κ1) is 15.1. The maximum Gasteiger partial charge on any atom is 0.164 e. The van der Waals surface area contributed by atoms with E-state index in [1.807, 2.05) is 30.3 Å². The van der Waals surface area contributed by atoms with Gasteiger partial charge in [-0.2, -0.15) is 0 Å². The van der Waals surface area contributed by atoms with Gasteiger partial charge in [0.05, 0.1) is 12.0 Å². The van der Waals surface area contributed by atoms with Crippen molar-refractivity contribution >= 4 is 12.1 Å². The van der Waals surface area contributed by atoms with Crippen LogP contribution in [-0.4, -0.2) is 30.1 Å². The Bertz CT molecular complexity index is 584. The van der Waals surface area contributed by atoms with Crippen LogP contribution in [0.15, 0.2) is 54.9 Å². The molecule has 1 N–H and O–H groups in total. The molecule has 0 spiro atoms. The molecule has 0 amide bonds. The first-order chi connectivity index (χ1) is 10.3. The Labute approximate surface area is 124 Å². The van der Waals surface area contributed by atoms with Crippen molar-refractivity contribution in [3.63, 3.8) is 0 Å². The van der Waals surface area contributed by atoms with Crippen LogP contribution in [-0.2, 0) is 16.0 Å². The predicted octanol–water partition coefficient (Wildman–Crippen LogP) is 1.76. The van der Waals surface area contributed by atoms with E-state index in [0.29, 0.717) is 18.3 Å². The quantitative estimate of drug-likeness (QED) is 0.621. The van der Waals surface area contributed by atoms with E-state index in [2.05, 4.69) is 10.3 Å². The minimum atomic E-state index is -0.755. The van der Waals surface area contributed by atoms with Crippen molar-refractivity contribution in [3.05, 3.63) is 66.0 Å². The molecule has 0 aliphatic rings. The normalized spacial score (nSPS) is 13.4. The van der Waals surface area contributed by atoms with Gasteiger partial charge in [-0.1, -0.05) is 30.3 Å². The SMILES string of the molecule is CN[C@@H](Cc1ccccc1)C(=O)C(C=O)c1ccncc1. The second kappa shape index (κ2) is 7.45. The zero-order chi connectivity index (χ0) is 15.1. The molecule has 1 aromatic carbocycles. The largest absolute Gasteiger partial charge is 0.310 e. The number of hydrogen-bond acceptors (Lipinski definition) is 4. The number of benzene rings is 1. The standard InChI is InChI=1S/C17H18N2O2/c1-18-16(11-13-5-3-2-4-6-13)17(21)15(12-20)14-7-9-19-10-8-14/h2-10,12,15-16,18H,11H2,1H3/t15?,16-/m0/s1. The van der Waals surface area contributed by atoms with Crippen molar-refractivity contribution in [1.29, 1.82) is 0 Å². The third-order valence-electron chi connectivity index (χ3n) is 3.48. The Kier molecular flexibility index (Phi) is 5.35. The lowest BCUT2D eigenvalue weighted by molar-refractivity contribution is -0.125. The average Bonchev–Trinajstić information content (AvgIpc) is 2.55. The summed E-state index contributed by atoms with van der Waals surface area (Å²) in [6.45, 7) is 0. The Morgan fingerprint density at radius 2 is 1.86 bits per heavy atom. The Hall–Kier alpha value is -2.33. The molecule has 0 radical (unpaired) electrons.